The second kappa shape index (κ2) is 17.6. The van der Waals surface area contributed by atoms with Crippen LogP contribution in [0.5, 0.6) is 11.5 Å². The van der Waals surface area contributed by atoms with Gasteiger partial charge in [-0.05, 0) is 35.2 Å². The van der Waals surface area contributed by atoms with E-state index in [-0.39, 0.29) is 0 Å². The van der Waals surface area contributed by atoms with Crippen molar-refractivity contribution >= 4 is 22.5 Å². The molecule has 2 aromatic heterocycles. The summed E-state index contributed by atoms with van der Waals surface area (Å²) in [6.07, 6.45) is 2.00. The van der Waals surface area contributed by atoms with E-state index in [4.69, 9.17) is 9.72 Å². The molecule has 0 amide bonds. The summed E-state index contributed by atoms with van der Waals surface area (Å²) in [5.41, 5.74) is 18.9. The van der Waals surface area contributed by atoms with Gasteiger partial charge < -0.3 is 0 Å². The summed E-state index contributed by atoms with van der Waals surface area (Å²) >= 11 is 2.48. The monoisotopic (exact) mass is 1050 g/mol. The quantitative estimate of drug-likeness (QED) is 0.135. The predicted octanol–water partition coefficient (Wildman–Crippen LogP) is 15.6. The first-order valence-corrected chi connectivity index (χ1v) is 23.9. The van der Waals surface area contributed by atoms with Gasteiger partial charge in [0.05, 0.1) is 0 Å². The van der Waals surface area contributed by atoms with E-state index in [1.54, 1.807) is 0 Å². The SMILES string of the molecule is Cc1cc(N2Cc3cc(-c4ccccc4)ccc3-c3ccc(Oc4[c-]c(-n5[c](=[Pt])n(-c6c(-c7ccccc7)cccc6-c6ccccc6)c6ccccc65)ccc4)[c-]c32)ncc1-c1ccccc1. The minimum Gasteiger partial charge on any atom is -0.0622 e. The number of imidazole rings is 1. The third kappa shape index (κ3) is 7.52. The summed E-state index contributed by atoms with van der Waals surface area (Å²) in [4.78, 5) is 7.38. The van der Waals surface area contributed by atoms with Crippen LogP contribution in [0.4, 0.5) is 11.5 Å². The number of aromatic nitrogens is 3. The third-order valence-electron chi connectivity index (χ3n) is 12.8. The fourth-order valence-electron chi connectivity index (χ4n) is 9.59. The van der Waals surface area contributed by atoms with Crippen molar-refractivity contribution in [1.82, 2.24) is 14.1 Å². The fraction of sp³-hybridized carbons (Fsp3) is 0.0323. The van der Waals surface area contributed by atoms with Crippen LogP contribution in [-0.4, -0.2) is 14.1 Å². The fourth-order valence-corrected chi connectivity index (χ4v) is 10.7. The number of aryl methyl sites for hydroxylation is 1. The van der Waals surface area contributed by atoms with Crippen LogP contribution >= 0.6 is 0 Å². The van der Waals surface area contributed by atoms with Crippen molar-refractivity contribution in [3.05, 3.63) is 252 Å². The molecule has 0 fully saturated rings. The van der Waals surface area contributed by atoms with E-state index in [1.807, 2.05) is 30.5 Å². The molecule has 0 radical (unpaired) electrons. The minimum absolute atomic E-state index is 0.588. The number of para-hydroxylation sites is 3. The first kappa shape index (κ1) is 41.3. The number of hydrogen-bond acceptors (Lipinski definition) is 3. The number of fused-ring (bicyclic) bond motifs is 4. The number of nitrogens with zero attached hydrogens (tertiary/aromatic N) is 4. The third-order valence-corrected chi connectivity index (χ3v) is 13.8. The van der Waals surface area contributed by atoms with Crippen molar-refractivity contribution in [2.24, 2.45) is 0 Å². The summed E-state index contributed by atoms with van der Waals surface area (Å²) in [5.74, 6) is 2.04. The summed E-state index contributed by atoms with van der Waals surface area (Å²) in [5, 5.41) is 0. The zero-order chi connectivity index (χ0) is 45.6. The number of pyridine rings is 1. The van der Waals surface area contributed by atoms with Gasteiger partial charge >= 0.3 is 296 Å². The number of hydrogen-bond donors (Lipinski definition) is 0. The zero-order valence-corrected chi connectivity index (χ0v) is 39.4. The molecule has 12 rings (SSSR count). The van der Waals surface area contributed by atoms with Gasteiger partial charge in [0.1, 0.15) is 0 Å². The van der Waals surface area contributed by atoms with E-state index in [2.05, 4.69) is 247 Å². The van der Waals surface area contributed by atoms with Crippen molar-refractivity contribution in [1.29, 1.82) is 0 Å². The number of ether oxygens (including phenoxy) is 1. The van der Waals surface area contributed by atoms with E-state index in [0.29, 0.717) is 18.0 Å². The van der Waals surface area contributed by atoms with Gasteiger partial charge in [-0.1, -0.05) is 66.7 Å². The van der Waals surface area contributed by atoms with Crippen molar-refractivity contribution < 1.29 is 24.1 Å². The zero-order valence-electron chi connectivity index (χ0n) is 37.1. The maximum absolute atomic E-state index is 6.77. The Labute approximate surface area is 406 Å². The summed E-state index contributed by atoms with van der Waals surface area (Å²) in [6, 6.07) is 84.1. The van der Waals surface area contributed by atoms with Gasteiger partial charge in [-0.15, -0.1) is 0 Å². The Bertz CT molecular complexity index is 3660. The number of rotatable bonds is 9. The van der Waals surface area contributed by atoms with Crippen LogP contribution < -0.4 is 9.64 Å². The van der Waals surface area contributed by atoms with Crippen LogP contribution in [0.3, 0.4) is 0 Å². The number of anilines is 2. The molecule has 1 aliphatic rings. The second-order valence-electron chi connectivity index (χ2n) is 17.0. The molecule has 6 heteroatoms. The van der Waals surface area contributed by atoms with Crippen LogP contribution in [-0.2, 0) is 25.9 Å². The minimum atomic E-state index is 0.588. The molecule has 0 unspecified atom stereocenters. The Morgan fingerprint density at radius 2 is 1.03 bits per heavy atom. The van der Waals surface area contributed by atoms with Crippen LogP contribution in [0.1, 0.15) is 11.1 Å². The summed E-state index contributed by atoms with van der Waals surface area (Å²) in [6.45, 7) is 2.78. The summed E-state index contributed by atoms with van der Waals surface area (Å²) in [7, 11) is 0. The Morgan fingerprint density at radius 3 is 1.68 bits per heavy atom. The van der Waals surface area contributed by atoms with Crippen molar-refractivity contribution in [3.8, 4) is 78.5 Å². The topological polar surface area (TPSA) is 35.2 Å². The van der Waals surface area contributed by atoms with Gasteiger partial charge in [-0.2, -0.15) is 0 Å². The molecule has 9 aromatic carbocycles. The molecule has 3 heterocycles. The number of benzene rings is 9. The Hall–Kier alpha value is -8.11. The van der Waals surface area contributed by atoms with E-state index in [0.717, 1.165) is 82.2 Å². The average molecular weight is 1050 g/mol. The molecule has 5 nitrogen and oxygen atoms in total. The summed E-state index contributed by atoms with van der Waals surface area (Å²) < 4.78 is 12.4. The molecule has 68 heavy (non-hydrogen) atoms. The Kier molecular flexibility index (Phi) is 10.7. The molecule has 0 spiro atoms. The molecule has 0 bridgehead atoms. The Morgan fingerprint density at radius 1 is 0.471 bits per heavy atom. The first-order valence-electron chi connectivity index (χ1n) is 22.7. The van der Waals surface area contributed by atoms with E-state index >= 15 is 0 Å². The molecular weight excluding hydrogens is 1010 g/mol. The second-order valence-corrected chi connectivity index (χ2v) is 18.0. The standard InChI is InChI=1S/C62H42N4O.Pt/c1-43-36-61(63-40-57(43)47-24-12-5-13-25-47)64-41-49-37-48(44-18-6-2-7-19-44)32-34-53(49)56-35-33-52(39-60(56)64)67-51-27-16-26-50(38-51)65-42-66(59-31-15-14-30-58(59)65)62-54(45-20-8-3-9-21-45)28-17-29-55(62)46-22-10-4-11-23-46;/h2-37,40H,41H2,1H3;/q-2;. The van der Waals surface area contributed by atoms with Crippen LogP contribution in [0, 0.1) is 22.9 Å². The molecule has 1 aliphatic heterocycles. The average Bonchev–Trinajstić information content (AvgIpc) is 3.70. The molecular formula is C62H42N4OPt-2. The van der Waals surface area contributed by atoms with Crippen molar-refractivity contribution in [2.75, 3.05) is 4.90 Å². The smallest absolute Gasteiger partial charge is 0.0622 e. The molecule has 0 aliphatic carbocycles. The first-order chi connectivity index (χ1) is 33.6. The van der Waals surface area contributed by atoms with Crippen LogP contribution in [0.2, 0.25) is 0 Å². The van der Waals surface area contributed by atoms with Crippen molar-refractivity contribution in [2.45, 2.75) is 13.5 Å². The van der Waals surface area contributed by atoms with Gasteiger partial charge in [-0.3, -0.25) is 0 Å². The molecule has 328 valence electrons. The Balaban J connectivity index is 0.953. The molecule has 0 atom stereocenters. The van der Waals surface area contributed by atoms with Gasteiger partial charge in [0.25, 0.3) is 0 Å². The maximum atomic E-state index is 6.77. The van der Waals surface area contributed by atoms with E-state index < -0.39 is 0 Å². The van der Waals surface area contributed by atoms with Crippen LogP contribution in [0.25, 0.3) is 78.0 Å². The van der Waals surface area contributed by atoms with E-state index in [1.165, 1.54) is 22.3 Å². The van der Waals surface area contributed by atoms with E-state index in [9.17, 15) is 0 Å². The van der Waals surface area contributed by atoms with Gasteiger partial charge in [0.2, 0.25) is 0 Å². The van der Waals surface area contributed by atoms with Crippen LogP contribution in [0.15, 0.2) is 225 Å². The molecule has 0 saturated heterocycles. The normalized spacial score (nSPS) is 11.9. The molecule has 0 saturated carbocycles. The molecule has 0 N–H and O–H groups in total. The van der Waals surface area contributed by atoms with Gasteiger partial charge in [0.15, 0.2) is 0 Å². The predicted molar refractivity (Wildman–Crippen MR) is 272 cm³/mol. The van der Waals surface area contributed by atoms with Crippen molar-refractivity contribution in [3.63, 3.8) is 0 Å². The molecule has 11 aromatic rings. The van der Waals surface area contributed by atoms with Gasteiger partial charge in [-0.25, -0.2) is 0 Å². The van der Waals surface area contributed by atoms with Gasteiger partial charge in [0, 0.05) is 11.8 Å².